The molecule has 0 radical (unpaired) electrons. The Labute approximate surface area is 124 Å². The number of hydrogen-bond donors (Lipinski definition) is 1. The third-order valence-corrected chi connectivity index (χ3v) is 4.04. The lowest BCUT2D eigenvalue weighted by atomic mass is 9.97. The van der Waals surface area contributed by atoms with Crippen molar-refractivity contribution in [3.8, 4) is 5.75 Å². The van der Waals surface area contributed by atoms with Crippen LogP contribution >= 0.6 is 0 Å². The molecule has 0 aliphatic carbocycles. The van der Waals surface area contributed by atoms with Crippen LogP contribution < -0.4 is 10.1 Å². The highest BCUT2D eigenvalue weighted by Crippen LogP contribution is 2.29. The predicted octanol–water partition coefficient (Wildman–Crippen LogP) is 4.75. The van der Waals surface area contributed by atoms with Gasteiger partial charge < -0.3 is 10.1 Å². The van der Waals surface area contributed by atoms with Crippen LogP contribution in [0.1, 0.15) is 65.4 Å². The van der Waals surface area contributed by atoms with Crippen molar-refractivity contribution in [2.75, 3.05) is 6.54 Å². The smallest absolute Gasteiger partial charge is 0.123 e. The largest absolute Gasteiger partial charge is 0.489 e. The summed E-state index contributed by atoms with van der Waals surface area (Å²) in [4.78, 5) is 0. The van der Waals surface area contributed by atoms with E-state index in [4.69, 9.17) is 4.74 Å². The molecule has 1 N–H and O–H groups in total. The topological polar surface area (TPSA) is 21.3 Å². The van der Waals surface area contributed by atoms with Crippen molar-refractivity contribution in [3.05, 3.63) is 29.8 Å². The average molecular weight is 277 g/mol. The van der Waals surface area contributed by atoms with Crippen LogP contribution in [0, 0.1) is 0 Å². The Morgan fingerprint density at radius 3 is 2.35 bits per heavy atom. The molecule has 3 unspecified atom stereocenters. The molecule has 0 aliphatic heterocycles. The van der Waals surface area contributed by atoms with Gasteiger partial charge in [0, 0.05) is 6.04 Å². The highest BCUT2D eigenvalue weighted by Gasteiger charge is 2.18. The summed E-state index contributed by atoms with van der Waals surface area (Å²) < 4.78 is 6.26. The number of nitrogens with one attached hydrogen (secondary N) is 1. The van der Waals surface area contributed by atoms with Crippen molar-refractivity contribution in [2.45, 2.75) is 71.9 Å². The molecule has 0 aliphatic rings. The van der Waals surface area contributed by atoms with Crippen molar-refractivity contribution in [1.82, 2.24) is 5.32 Å². The van der Waals surface area contributed by atoms with Crippen LogP contribution in [0.25, 0.3) is 0 Å². The quantitative estimate of drug-likeness (QED) is 0.703. The maximum absolute atomic E-state index is 6.26. The summed E-state index contributed by atoms with van der Waals surface area (Å²) in [6.45, 7) is 12.1. The molecule has 1 rings (SSSR count). The van der Waals surface area contributed by atoms with Gasteiger partial charge in [-0.2, -0.15) is 0 Å². The van der Waals surface area contributed by atoms with Gasteiger partial charge in [-0.3, -0.25) is 0 Å². The minimum atomic E-state index is 0.191. The summed E-state index contributed by atoms with van der Waals surface area (Å²) in [6.07, 6.45) is 3.58. The number of benzene rings is 1. The van der Waals surface area contributed by atoms with E-state index in [1.165, 1.54) is 5.56 Å². The first-order valence-corrected chi connectivity index (χ1v) is 8.12. The molecule has 2 nitrogen and oxygen atoms in total. The molecule has 114 valence electrons. The lowest BCUT2D eigenvalue weighted by Gasteiger charge is -2.27. The van der Waals surface area contributed by atoms with Crippen molar-refractivity contribution in [2.24, 2.45) is 0 Å². The first kappa shape index (κ1) is 17.0. The second-order valence-electron chi connectivity index (χ2n) is 5.64. The number of rotatable bonds is 9. The molecular weight excluding hydrogens is 246 g/mol. The first-order chi connectivity index (χ1) is 9.63. The molecule has 3 atom stereocenters. The zero-order valence-electron chi connectivity index (χ0n) is 13.8. The molecule has 0 spiro atoms. The zero-order chi connectivity index (χ0) is 15.0. The summed E-state index contributed by atoms with van der Waals surface area (Å²) in [6, 6.07) is 8.88. The highest BCUT2D eigenvalue weighted by atomic mass is 16.5. The van der Waals surface area contributed by atoms with E-state index in [1.807, 2.05) is 0 Å². The highest BCUT2D eigenvalue weighted by molar-refractivity contribution is 5.36. The molecule has 0 saturated carbocycles. The molecule has 0 heterocycles. The standard InChI is InChI=1S/C18H31NO/c1-6-13-19-17(8-3)15(5)20-18-12-10-9-11-16(18)14(4)7-2/h9-12,14-15,17,19H,6-8,13H2,1-5H3. The van der Waals surface area contributed by atoms with Gasteiger partial charge in [0.2, 0.25) is 0 Å². The van der Waals surface area contributed by atoms with E-state index in [0.717, 1.165) is 31.6 Å². The fraction of sp³-hybridized carbons (Fsp3) is 0.667. The Hall–Kier alpha value is -1.02. The number of hydrogen-bond acceptors (Lipinski definition) is 2. The van der Waals surface area contributed by atoms with Gasteiger partial charge in [0.15, 0.2) is 0 Å². The van der Waals surface area contributed by atoms with Crippen LogP contribution in [0.3, 0.4) is 0 Å². The van der Waals surface area contributed by atoms with E-state index >= 15 is 0 Å². The van der Waals surface area contributed by atoms with Gasteiger partial charge in [-0.1, -0.05) is 45.9 Å². The van der Waals surface area contributed by atoms with E-state index in [2.05, 4.69) is 64.2 Å². The summed E-state index contributed by atoms with van der Waals surface area (Å²) >= 11 is 0. The Morgan fingerprint density at radius 1 is 1.05 bits per heavy atom. The predicted molar refractivity (Wildman–Crippen MR) is 87.6 cm³/mol. The molecule has 0 amide bonds. The fourth-order valence-corrected chi connectivity index (χ4v) is 2.47. The monoisotopic (exact) mass is 277 g/mol. The lowest BCUT2D eigenvalue weighted by Crippen LogP contribution is -2.41. The van der Waals surface area contributed by atoms with Gasteiger partial charge in [0.05, 0.1) is 0 Å². The maximum Gasteiger partial charge on any atom is 0.123 e. The van der Waals surface area contributed by atoms with Crippen molar-refractivity contribution < 1.29 is 4.74 Å². The molecule has 20 heavy (non-hydrogen) atoms. The molecule has 0 bridgehead atoms. The minimum Gasteiger partial charge on any atom is -0.489 e. The molecule has 0 aromatic heterocycles. The van der Waals surface area contributed by atoms with E-state index in [-0.39, 0.29) is 6.10 Å². The summed E-state index contributed by atoms with van der Waals surface area (Å²) in [5.41, 5.74) is 1.33. The van der Waals surface area contributed by atoms with Crippen molar-refractivity contribution in [1.29, 1.82) is 0 Å². The van der Waals surface area contributed by atoms with Gasteiger partial charge in [-0.05, 0) is 50.3 Å². The van der Waals surface area contributed by atoms with Gasteiger partial charge in [0.1, 0.15) is 11.9 Å². The second kappa shape index (κ2) is 9.02. The number of para-hydroxylation sites is 1. The maximum atomic E-state index is 6.26. The molecule has 0 saturated heterocycles. The van der Waals surface area contributed by atoms with Crippen LogP contribution in [0.5, 0.6) is 5.75 Å². The van der Waals surface area contributed by atoms with Gasteiger partial charge >= 0.3 is 0 Å². The minimum absolute atomic E-state index is 0.191. The van der Waals surface area contributed by atoms with Gasteiger partial charge in [0.25, 0.3) is 0 Å². The average Bonchev–Trinajstić information content (AvgIpc) is 2.47. The molecule has 1 aromatic carbocycles. The summed E-state index contributed by atoms with van der Waals surface area (Å²) in [5.74, 6) is 1.59. The van der Waals surface area contributed by atoms with Gasteiger partial charge in [-0.25, -0.2) is 0 Å². The summed E-state index contributed by atoms with van der Waals surface area (Å²) in [7, 11) is 0. The first-order valence-electron chi connectivity index (χ1n) is 8.12. The normalized spacial score (nSPS) is 15.7. The Bertz CT molecular complexity index is 377. The lowest BCUT2D eigenvalue weighted by molar-refractivity contribution is 0.165. The Balaban J connectivity index is 2.76. The van der Waals surface area contributed by atoms with Crippen molar-refractivity contribution in [3.63, 3.8) is 0 Å². The zero-order valence-corrected chi connectivity index (χ0v) is 13.8. The number of ether oxygens (including phenoxy) is 1. The van der Waals surface area contributed by atoms with Crippen LogP contribution in [0.4, 0.5) is 0 Å². The van der Waals surface area contributed by atoms with Crippen LogP contribution in [0.15, 0.2) is 24.3 Å². The van der Waals surface area contributed by atoms with Crippen LogP contribution in [0.2, 0.25) is 0 Å². The molecule has 1 aromatic rings. The van der Waals surface area contributed by atoms with Crippen molar-refractivity contribution >= 4 is 0 Å². The second-order valence-corrected chi connectivity index (χ2v) is 5.64. The molecule has 2 heteroatoms. The third kappa shape index (κ3) is 4.82. The Morgan fingerprint density at radius 2 is 1.75 bits per heavy atom. The SMILES string of the molecule is CCCNC(CC)C(C)Oc1ccccc1C(C)CC. The van der Waals surface area contributed by atoms with Crippen LogP contribution in [-0.4, -0.2) is 18.7 Å². The molecule has 0 fully saturated rings. The van der Waals surface area contributed by atoms with E-state index < -0.39 is 0 Å². The van der Waals surface area contributed by atoms with E-state index in [0.29, 0.717) is 12.0 Å². The van der Waals surface area contributed by atoms with E-state index in [9.17, 15) is 0 Å². The van der Waals surface area contributed by atoms with E-state index in [1.54, 1.807) is 0 Å². The van der Waals surface area contributed by atoms with Gasteiger partial charge in [-0.15, -0.1) is 0 Å². The Kier molecular flexibility index (Phi) is 7.68. The van der Waals surface area contributed by atoms with Crippen LogP contribution in [-0.2, 0) is 0 Å². The molecular formula is C18H31NO. The summed E-state index contributed by atoms with van der Waals surface area (Å²) in [5, 5.41) is 3.58. The third-order valence-electron chi connectivity index (χ3n) is 4.04. The fourth-order valence-electron chi connectivity index (χ4n) is 2.47.